The lowest BCUT2D eigenvalue weighted by Gasteiger charge is -2.15. The van der Waals surface area contributed by atoms with E-state index in [0.717, 1.165) is 29.3 Å². The number of halogens is 1. The van der Waals surface area contributed by atoms with Crippen LogP contribution in [0.25, 0.3) is 0 Å². The highest BCUT2D eigenvalue weighted by Gasteiger charge is 2.15. The normalized spacial score (nSPS) is 16.0. The van der Waals surface area contributed by atoms with Crippen LogP contribution in [0.4, 0.5) is 11.8 Å². The Hall–Kier alpha value is -0.840. The number of hydrogen-bond donors (Lipinski definition) is 1. The average molecular weight is 257 g/mol. The fourth-order valence-corrected chi connectivity index (χ4v) is 1.99. The first-order chi connectivity index (χ1) is 6.81. The molecule has 0 atom stereocenters. The van der Waals surface area contributed by atoms with Gasteiger partial charge in [0.25, 0.3) is 0 Å². The minimum absolute atomic E-state index is 0.829. The van der Waals surface area contributed by atoms with Crippen LogP contribution in [0.5, 0.6) is 0 Å². The lowest BCUT2D eigenvalue weighted by molar-refractivity contribution is 0.897. The van der Waals surface area contributed by atoms with Crippen LogP contribution in [0, 0.1) is 0 Å². The molecule has 1 aliphatic rings. The Morgan fingerprint density at radius 1 is 1.43 bits per heavy atom. The molecular weight excluding hydrogens is 244 g/mol. The van der Waals surface area contributed by atoms with Gasteiger partial charge in [-0.2, -0.15) is 4.98 Å². The summed E-state index contributed by atoms with van der Waals surface area (Å²) < 4.78 is 0.906. The number of nitrogens with zero attached hydrogens (tertiary/aromatic N) is 3. The average Bonchev–Trinajstić information content (AvgIpc) is 2.71. The molecule has 1 N–H and O–H groups in total. The van der Waals surface area contributed by atoms with Gasteiger partial charge >= 0.3 is 0 Å². The Kier molecular flexibility index (Phi) is 2.86. The molecule has 0 amide bonds. The Morgan fingerprint density at radius 3 is 2.79 bits per heavy atom. The van der Waals surface area contributed by atoms with Crippen LogP contribution in [-0.4, -0.2) is 30.1 Å². The van der Waals surface area contributed by atoms with E-state index >= 15 is 0 Å². The van der Waals surface area contributed by atoms with E-state index in [2.05, 4.69) is 36.1 Å². The third-order valence-electron chi connectivity index (χ3n) is 2.36. The largest absolute Gasteiger partial charge is 0.372 e. The Labute approximate surface area is 91.9 Å². The van der Waals surface area contributed by atoms with Crippen LogP contribution >= 0.6 is 15.9 Å². The van der Waals surface area contributed by atoms with E-state index in [4.69, 9.17) is 0 Å². The highest BCUT2D eigenvalue weighted by Crippen LogP contribution is 2.22. The lowest BCUT2D eigenvalue weighted by atomic mass is 10.4. The molecule has 1 fully saturated rings. The minimum Gasteiger partial charge on any atom is -0.372 e. The van der Waals surface area contributed by atoms with Gasteiger partial charge in [0.2, 0.25) is 5.95 Å². The van der Waals surface area contributed by atoms with Crippen LogP contribution in [0.1, 0.15) is 12.8 Å². The molecule has 1 aromatic heterocycles. The Morgan fingerprint density at radius 2 is 2.14 bits per heavy atom. The molecule has 1 aliphatic heterocycles. The molecule has 0 radical (unpaired) electrons. The molecule has 1 saturated heterocycles. The van der Waals surface area contributed by atoms with Gasteiger partial charge in [-0.25, -0.2) is 4.98 Å². The van der Waals surface area contributed by atoms with Crippen LogP contribution in [0.3, 0.4) is 0 Å². The van der Waals surface area contributed by atoms with Crippen molar-refractivity contribution in [2.45, 2.75) is 12.8 Å². The molecule has 2 rings (SSSR count). The van der Waals surface area contributed by atoms with Crippen molar-refractivity contribution in [3.05, 3.63) is 10.7 Å². The van der Waals surface area contributed by atoms with Crippen LogP contribution in [0.15, 0.2) is 10.7 Å². The second-order valence-electron chi connectivity index (χ2n) is 3.31. The number of nitrogens with one attached hydrogen (secondary N) is 1. The van der Waals surface area contributed by atoms with E-state index in [-0.39, 0.29) is 0 Å². The van der Waals surface area contributed by atoms with Crippen LogP contribution < -0.4 is 10.2 Å². The Bertz CT molecular complexity index is 323. The van der Waals surface area contributed by atoms with Gasteiger partial charge in [0.15, 0.2) is 0 Å². The first-order valence-corrected chi connectivity index (χ1v) is 5.56. The van der Waals surface area contributed by atoms with Crippen molar-refractivity contribution in [1.29, 1.82) is 0 Å². The molecule has 5 heteroatoms. The summed E-state index contributed by atoms with van der Waals surface area (Å²) in [6.45, 7) is 2.15. The van der Waals surface area contributed by atoms with Gasteiger partial charge in [-0.1, -0.05) is 0 Å². The van der Waals surface area contributed by atoms with E-state index in [9.17, 15) is 0 Å². The standard InChI is InChI=1S/C9H13BrN4/c1-11-8-7(10)6-12-9(13-8)14-4-2-3-5-14/h6H,2-5H2,1H3,(H,11,12,13). The highest BCUT2D eigenvalue weighted by molar-refractivity contribution is 9.10. The third-order valence-corrected chi connectivity index (χ3v) is 2.94. The molecule has 0 saturated carbocycles. The van der Waals surface area contributed by atoms with E-state index in [0.29, 0.717) is 0 Å². The van der Waals surface area contributed by atoms with E-state index < -0.39 is 0 Å². The zero-order valence-corrected chi connectivity index (χ0v) is 9.71. The van der Waals surface area contributed by atoms with Gasteiger partial charge in [0.05, 0.1) is 4.47 Å². The molecule has 2 heterocycles. The molecule has 0 spiro atoms. The second-order valence-corrected chi connectivity index (χ2v) is 4.17. The number of anilines is 2. The van der Waals surface area contributed by atoms with E-state index in [1.807, 2.05) is 7.05 Å². The summed E-state index contributed by atoms with van der Waals surface area (Å²) in [5, 5.41) is 3.03. The Balaban J connectivity index is 2.25. The van der Waals surface area contributed by atoms with Crippen molar-refractivity contribution < 1.29 is 0 Å². The summed E-state index contributed by atoms with van der Waals surface area (Å²) in [7, 11) is 1.86. The molecule has 14 heavy (non-hydrogen) atoms. The monoisotopic (exact) mass is 256 g/mol. The molecule has 0 unspecified atom stereocenters. The maximum atomic E-state index is 4.43. The first kappa shape index (κ1) is 9.71. The topological polar surface area (TPSA) is 41.1 Å². The van der Waals surface area contributed by atoms with Gasteiger partial charge < -0.3 is 10.2 Å². The van der Waals surface area contributed by atoms with Crippen molar-refractivity contribution in [3.63, 3.8) is 0 Å². The fourth-order valence-electron chi connectivity index (χ4n) is 1.60. The molecule has 1 aromatic rings. The summed E-state index contributed by atoms with van der Waals surface area (Å²) in [5.74, 6) is 1.68. The SMILES string of the molecule is CNc1nc(N2CCCC2)ncc1Br. The zero-order chi connectivity index (χ0) is 9.97. The van der Waals surface area contributed by atoms with E-state index in [1.54, 1.807) is 6.20 Å². The molecule has 4 nitrogen and oxygen atoms in total. The fraction of sp³-hybridized carbons (Fsp3) is 0.556. The van der Waals surface area contributed by atoms with Gasteiger partial charge in [-0.15, -0.1) is 0 Å². The first-order valence-electron chi connectivity index (χ1n) is 4.76. The molecular formula is C9H13BrN4. The molecule has 0 bridgehead atoms. The van der Waals surface area contributed by atoms with Crippen molar-refractivity contribution >= 4 is 27.7 Å². The molecule has 76 valence electrons. The predicted octanol–water partition coefficient (Wildman–Crippen LogP) is 1.88. The highest BCUT2D eigenvalue weighted by atomic mass is 79.9. The number of hydrogen-bond acceptors (Lipinski definition) is 4. The summed E-state index contributed by atoms with van der Waals surface area (Å²) in [5.41, 5.74) is 0. The van der Waals surface area contributed by atoms with Gasteiger partial charge in [-0.05, 0) is 28.8 Å². The quantitative estimate of drug-likeness (QED) is 0.878. The zero-order valence-electron chi connectivity index (χ0n) is 8.13. The number of rotatable bonds is 2. The summed E-state index contributed by atoms with van der Waals surface area (Å²) >= 11 is 3.39. The van der Waals surface area contributed by atoms with Gasteiger partial charge in [0.1, 0.15) is 5.82 Å². The van der Waals surface area contributed by atoms with Gasteiger partial charge in [0, 0.05) is 26.3 Å². The maximum Gasteiger partial charge on any atom is 0.227 e. The second kappa shape index (κ2) is 4.13. The summed E-state index contributed by atoms with van der Waals surface area (Å²) in [6.07, 6.45) is 4.29. The smallest absolute Gasteiger partial charge is 0.227 e. The third kappa shape index (κ3) is 1.82. The predicted molar refractivity (Wildman–Crippen MR) is 60.7 cm³/mol. The van der Waals surface area contributed by atoms with Crippen molar-refractivity contribution in [2.75, 3.05) is 30.4 Å². The van der Waals surface area contributed by atoms with Crippen LogP contribution in [-0.2, 0) is 0 Å². The lowest BCUT2D eigenvalue weighted by Crippen LogP contribution is -2.20. The summed E-state index contributed by atoms with van der Waals surface area (Å²) in [4.78, 5) is 10.9. The van der Waals surface area contributed by atoms with Gasteiger partial charge in [-0.3, -0.25) is 0 Å². The maximum absolute atomic E-state index is 4.43. The van der Waals surface area contributed by atoms with Crippen molar-refractivity contribution in [2.24, 2.45) is 0 Å². The molecule has 0 aromatic carbocycles. The van der Waals surface area contributed by atoms with E-state index in [1.165, 1.54) is 12.8 Å². The minimum atomic E-state index is 0.829. The van der Waals surface area contributed by atoms with Crippen molar-refractivity contribution in [1.82, 2.24) is 9.97 Å². The molecule has 0 aliphatic carbocycles. The van der Waals surface area contributed by atoms with Crippen molar-refractivity contribution in [3.8, 4) is 0 Å². The van der Waals surface area contributed by atoms with Crippen LogP contribution in [0.2, 0.25) is 0 Å². The summed E-state index contributed by atoms with van der Waals surface area (Å²) in [6, 6.07) is 0. The number of aromatic nitrogens is 2.